The summed E-state index contributed by atoms with van der Waals surface area (Å²) in [4.78, 5) is 30.4. The third kappa shape index (κ3) is 7.21. The molecule has 4 rings (SSSR count). The van der Waals surface area contributed by atoms with Crippen molar-refractivity contribution in [1.82, 2.24) is 4.98 Å². The minimum Gasteiger partial charge on any atom is -0.322 e. The Labute approximate surface area is 227 Å². The van der Waals surface area contributed by atoms with E-state index in [9.17, 15) is 9.59 Å². The van der Waals surface area contributed by atoms with E-state index in [2.05, 4.69) is 15.6 Å². The van der Waals surface area contributed by atoms with Gasteiger partial charge in [0.05, 0.1) is 16.0 Å². The highest BCUT2D eigenvalue weighted by molar-refractivity contribution is 8.00. The Morgan fingerprint density at radius 3 is 2.58 bits per heavy atom. The zero-order valence-electron chi connectivity index (χ0n) is 19.1. The number of carbonyl (C=O) groups is 2. The average Bonchev–Trinajstić information content (AvgIpc) is 3.31. The Morgan fingerprint density at radius 2 is 1.81 bits per heavy atom. The second-order valence-corrected chi connectivity index (χ2v) is 10.8. The highest BCUT2D eigenvalue weighted by Crippen LogP contribution is 2.33. The summed E-state index contributed by atoms with van der Waals surface area (Å²) in [6.45, 7) is 1.82. The Morgan fingerprint density at radius 1 is 1.00 bits per heavy atom. The molecule has 5 nitrogen and oxygen atoms in total. The Hall–Kier alpha value is -3.10. The predicted octanol–water partition coefficient (Wildman–Crippen LogP) is 7.89. The molecular weight excluding hydrogens is 533 g/mol. The van der Waals surface area contributed by atoms with Crippen LogP contribution < -0.4 is 10.6 Å². The normalized spacial score (nSPS) is 11.9. The summed E-state index contributed by atoms with van der Waals surface area (Å²) in [5.74, 6) is -0.407. The molecule has 1 aromatic heterocycles. The van der Waals surface area contributed by atoms with Gasteiger partial charge in [-0.3, -0.25) is 9.59 Å². The molecule has 0 aliphatic rings. The maximum Gasteiger partial charge on any atom is 0.248 e. The maximum absolute atomic E-state index is 12.8. The lowest BCUT2D eigenvalue weighted by atomic mass is 10.2. The van der Waals surface area contributed by atoms with Gasteiger partial charge in [-0.1, -0.05) is 59.6 Å². The van der Waals surface area contributed by atoms with E-state index in [1.54, 1.807) is 24.3 Å². The van der Waals surface area contributed by atoms with E-state index in [1.165, 1.54) is 29.2 Å². The van der Waals surface area contributed by atoms with E-state index in [0.717, 1.165) is 16.0 Å². The number of hydrogen-bond donors (Lipinski definition) is 2. The number of rotatable bonds is 8. The minimum atomic E-state index is -0.389. The number of thioether (sulfide) groups is 1. The van der Waals surface area contributed by atoms with Gasteiger partial charge in [0, 0.05) is 32.6 Å². The largest absolute Gasteiger partial charge is 0.322 e. The van der Waals surface area contributed by atoms with Crippen LogP contribution in [0.25, 0.3) is 17.3 Å². The maximum atomic E-state index is 12.8. The number of thiazole rings is 1. The topological polar surface area (TPSA) is 71.1 Å². The van der Waals surface area contributed by atoms with Gasteiger partial charge in [-0.2, -0.15) is 0 Å². The molecule has 9 heteroatoms. The molecule has 0 radical (unpaired) electrons. The lowest BCUT2D eigenvalue weighted by molar-refractivity contribution is -0.115. The van der Waals surface area contributed by atoms with Crippen molar-refractivity contribution >= 4 is 75.0 Å². The van der Waals surface area contributed by atoms with Gasteiger partial charge >= 0.3 is 0 Å². The number of nitrogens with one attached hydrogen (secondary N) is 2. The highest BCUT2D eigenvalue weighted by atomic mass is 35.5. The second-order valence-electron chi connectivity index (χ2n) is 7.67. The molecule has 0 spiro atoms. The third-order valence-electron chi connectivity index (χ3n) is 4.95. The van der Waals surface area contributed by atoms with Crippen molar-refractivity contribution in [1.29, 1.82) is 0 Å². The zero-order valence-corrected chi connectivity index (χ0v) is 22.2. The van der Waals surface area contributed by atoms with E-state index < -0.39 is 0 Å². The quantitative estimate of drug-likeness (QED) is 0.172. The van der Waals surface area contributed by atoms with Crippen molar-refractivity contribution < 1.29 is 9.59 Å². The van der Waals surface area contributed by atoms with Crippen molar-refractivity contribution in [2.75, 3.05) is 10.6 Å². The fraction of sp³-hybridized carbons (Fsp3) is 0.0741. The van der Waals surface area contributed by atoms with Gasteiger partial charge < -0.3 is 10.6 Å². The van der Waals surface area contributed by atoms with Crippen molar-refractivity contribution in [3.05, 3.63) is 99.9 Å². The van der Waals surface area contributed by atoms with Gasteiger partial charge in [0.15, 0.2) is 5.13 Å². The minimum absolute atomic E-state index is 0.177. The van der Waals surface area contributed by atoms with Gasteiger partial charge in [0.1, 0.15) is 0 Å². The molecule has 0 saturated heterocycles. The number of nitrogens with zero attached hydrogens (tertiary/aromatic N) is 1. The first-order valence-corrected chi connectivity index (χ1v) is 13.4. The average molecular weight is 555 g/mol. The highest BCUT2D eigenvalue weighted by Gasteiger charge is 2.17. The van der Waals surface area contributed by atoms with Crippen molar-refractivity contribution in [2.24, 2.45) is 0 Å². The summed E-state index contributed by atoms with van der Waals surface area (Å²) in [6.07, 6.45) is 3.25. The van der Waals surface area contributed by atoms with Crippen molar-refractivity contribution in [3.63, 3.8) is 0 Å². The molecule has 182 valence electrons. The first-order valence-electron chi connectivity index (χ1n) is 10.9. The van der Waals surface area contributed by atoms with Crippen LogP contribution >= 0.6 is 46.3 Å². The summed E-state index contributed by atoms with van der Waals surface area (Å²) in [5.41, 5.74) is 3.01. The lowest BCUT2D eigenvalue weighted by Crippen LogP contribution is -2.22. The van der Waals surface area contributed by atoms with Gasteiger partial charge in [-0.25, -0.2) is 4.98 Å². The summed E-state index contributed by atoms with van der Waals surface area (Å²) < 4.78 is 0. The molecule has 2 N–H and O–H groups in total. The fourth-order valence-corrected chi connectivity index (χ4v) is 5.33. The van der Waals surface area contributed by atoms with Crippen LogP contribution in [0.3, 0.4) is 0 Å². The van der Waals surface area contributed by atoms with Crippen LogP contribution in [0.2, 0.25) is 10.0 Å². The van der Waals surface area contributed by atoms with Crippen molar-refractivity contribution in [3.8, 4) is 11.3 Å². The molecule has 1 heterocycles. The van der Waals surface area contributed by atoms with Crippen LogP contribution in [0.4, 0.5) is 10.8 Å². The molecule has 0 bridgehead atoms. The van der Waals surface area contributed by atoms with Crippen LogP contribution in [0.5, 0.6) is 0 Å². The molecule has 0 fully saturated rings. The predicted molar refractivity (Wildman–Crippen MR) is 152 cm³/mol. The molecule has 0 saturated carbocycles. The van der Waals surface area contributed by atoms with E-state index in [1.807, 2.05) is 66.9 Å². The molecule has 0 aliphatic heterocycles. The standard InChI is InChI=1S/C27H21Cl2N3O2S2/c1-17(26(34)32-27-31-24(16-35-27)22-12-11-19(28)14-23(22)29)36-21-9-5-8-20(15-21)30-25(33)13-10-18-6-3-2-4-7-18/h2-17H,1H3,(H,30,33)(H,31,32,34)/b13-10+. The van der Waals surface area contributed by atoms with Crippen LogP contribution in [0, 0.1) is 0 Å². The number of carbonyl (C=O) groups excluding carboxylic acids is 2. The summed E-state index contributed by atoms with van der Waals surface area (Å²) in [6, 6.07) is 22.2. The summed E-state index contributed by atoms with van der Waals surface area (Å²) in [5, 5.41) is 8.69. The molecule has 3 aromatic carbocycles. The molecular formula is C27H21Cl2N3O2S2. The second kappa shape index (κ2) is 12.2. The van der Waals surface area contributed by atoms with E-state index in [-0.39, 0.29) is 17.1 Å². The molecule has 36 heavy (non-hydrogen) atoms. The summed E-state index contributed by atoms with van der Waals surface area (Å²) >= 11 is 14.9. The van der Waals surface area contributed by atoms with Crippen LogP contribution in [-0.4, -0.2) is 22.0 Å². The van der Waals surface area contributed by atoms with Crippen LogP contribution in [-0.2, 0) is 9.59 Å². The Bertz CT molecular complexity index is 1410. The number of benzene rings is 3. The van der Waals surface area contributed by atoms with E-state index >= 15 is 0 Å². The van der Waals surface area contributed by atoms with Crippen molar-refractivity contribution in [2.45, 2.75) is 17.1 Å². The zero-order chi connectivity index (χ0) is 25.5. The van der Waals surface area contributed by atoms with E-state index in [0.29, 0.717) is 26.6 Å². The number of anilines is 2. The van der Waals surface area contributed by atoms with E-state index in [4.69, 9.17) is 23.2 Å². The SMILES string of the molecule is CC(Sc1cccc(NC(=O)/C=C/c2ccccc2)c1)C(=O)Nc1nc(-c2ccc(Cl)cc2Cl)cs1. The van der Waals surface area contributed by atoms with Gasteiger partial charge in [-0.15, -0.1) is 23.1 Å². The number of amides is 2. The monoisotopic (exact) mass is 553 g/mol. The fourth-order valence-electron chi connectivity index (χ4n) is 3.18. The number of aromatic nitrogens is 1. The lowest BCUT2D eigenvalue weighted by Gasteiger charge is -2.11. The molecule has 1 atom stereocenters. The van der Waals surface area contributed by atoms with Gasteiger partial charge in [-0.05, 0) is 55.0 Å². The Balaban J connectivity index is 1.34. The molecule has 0 aliphatic carbocycles. The summed E-state index contributed by atoms with van der Waals surface area (Å²) in [7, 11) is 0. The van der Waals surface area contributed by atoms with Crippen LogP contribution in [0.15, 0.2) is 89.1 Å². The number of halogens is 2. The van der Waals surface area contributed by atoms with Gasteiger partial charge in [0.25, 0.3) is 0 Å². The Kier molecular flexibility index (Phi) is 8.83. The van der Waals surface area contributed by atoms with Gasteiger partial charge in [0.2, 0.25) is 11.8 Å². The number of hydrogen-bond acceptors (Lipinski definition) is 5. The molecule has 2 amide bonds. The first-order chi connectivity index (χ1) is 17.4. The third-order valence-corrected chi connectivity index (χ3v) is 7.35. The molecule has 1 unspecified atom stereocenters. The smallest absolute Gasteiger partial charge is 0.248 e. The first kappa shape index (κ1) is 26.0. The molecule has 4 aromatic rings. The van der Waals surface area contributed by atoms with Crippen LogP contribution in [0.1, 0.15) is 12.5 Å².